The minimum absolute atomic E-state index is 0.320. The largest absolute Gasteiger partial charge is 0.492 e. The predicted molar refractivity (Wildman–Crippen MR) is 114 cm³/mol. The number of aryl methyl sites for hydroxylation is 1. The molecule has 5 heteroatoms. The fraction of sp³-hybridized carbons (Fsp3) is 0.478. The number of piperazine rings is 1. The molecule has 0 aromatic heterocycles. The van der Waals surface area contributed by atoms with E-state index >= 15 is 0 Å². The number of rotatable bonds is 9. The Hall–Kier alpha value is -2.24. The van der Waals surface area contributed by atoms with E-state index in [9.17, 15) is 5.11 Å². The van der Waals surface area contributed by atoms with Crippen molar-refractivity contribution in [2.24, 2.45) is 0 Å². The topological polar surface area (TPSA) is 45.2 Å². The summed E-state index contributed by atoms with van der Waals surface area (Å²) in [4.78, 5) is 4.66. The van der Waals surface area contributed by atoms with Gasteiger partial charge in [0.2, 0.25) is 0 Å². The molecule has 0 saturated carbocycles. The molecule has 0 spiro atoms. The zero-order chi connectivity index (χ0) is 19.8. The molecule has 0 unspecified atom stereocenters. The van der Waals surface area contributed by atoms with Gasteiger partial charge in [-0.05, 0) is 43.2 Å². The van der Waals surface area contributed by atoms with E-state index in [1.54, 1.807) is 0 Å². The number of aliphatic hydroxyl groups is 1. The Morgan fingerprint density at radius 1 is 0.964 bits per heavy atom. The van der Waals surface area contributed by atoms with Crippen LogP contribution in [0.25, 0.3) is 0 Å². The van der Waals surface area contributed by atoms with Crippen molar-refractivity contribution in [3.8, 4) is 11.5 Å². The Morgan fingerprint density at radius 3 is 2.50 bits per heavy atom. The van der Waals surface area contributed by atoms with Gasteiger partial charge in [-0.15, -0.1) is 0 Å². The summed E-state index contributed by atoms with van der Waals surface area (Å²) >= 11 is 0. The molecule has 0 aliphatic carbocycles. The van der Waals surface area contributed by atoms with Crippen LogP contribution >= 0.6 is 0 Å². The average Bonchev–Trinajstić information content (AvgIpc) is 2.74. The lowest BCUT2D eigenvalue weighted by molar-refractivity contribution is 0.0662. The number of hydrogen-bond donors (Lipinski definition) is 1. The van der Waals surface area contributed by atoms with Crippen molar-refractivity contribution in [3.63, 3.8) is 0 Å². The van der Waals surface area contributed by atoms with Gasteiger partial charge in [-0.25, -0.2) is 0 Å². The monoisotopic (exact) mass is 384 g/mol. The summed E-state index contributed by atoms with van der Waals surface area (Å²) in [5.74, 6) is 1.77. The first kappa shape index (κ1) is 20.5. The van der Waals surface area contributed by atoms with Crippen LogP contribution in [0.3, 0.4) is 0 Å². The van der Waals surface area contributed by atoms with Crippen LogP contribution in [0.2, 0.25) is 0 Å². The SMILES string of the molecule is CCOc1ccccc1N1CCN(C[C@H](O)COc2cccc(CC)c2)CC1. The van der Waals surface area contributed by atoms with Gasteiger partial charge in [-0.3, -0.25) is 4.90 Å². The third-order valence-corrected chi connectivity index (χ3v) is 5.10. The van der Waals surface area contributed by atoms with Crippen molar-refractivity contribution < 1.29 is 14.6 Å². The van der Waals surface area contributed by atoms with Crippen LogP contribution in [-0.4, -0.2) is 62.0 Å². The highest BCUT2D eigenvalue weighted by atomic mass is 16.5. The number of para-hydroxylation sites is 2. The normalized spacial score (nSPS) is 16.0. The highest BCUT2D eigenvalue weighted by Gasteiger charge is 2.21. The van der Waals surface area contributed by atoms with Gasteiger partial charge < -0.3 is 19.5 Å². The maximum absolute atomic E-state index is 10.4. The van der Waals surface area contributed by atoms with E-state index < -0.39 is 6.10 Å². The number of β-amino-alcohol motifs (C(OH)–C–C–N with tert-alkyl or cyclic N) is 1. The molecule has 1 aliphatic rings. The van der Waals surface area contributed by atoms with Gasteiger partial charge >= 0.3 is 0 Å². The minimum atomic E-state index is -0.493. The van der Waals surface area contributed by atoms with Gasteiger partial charge in [0.15, 0.2) is 0 Å². The van der Waals surface area contributed by atoms with Gasteiger partial charge in [0.25, 0.3) is 0 Å². The van der Waals surface area contributed by atoms with Gasteiger partial charge in [0, 0.05) is 32.7 Å². The number of ether oxygens (including phenoxy) is 2. The molecule has 2 aromatic rings. The molecule has 28 heavy (non-hydrogen) atoms. The quantitative estimate of drug-likeness (QED) is 0.719. The summed E-state index contributed by atoms with van der Waals surface area (Å²) in [6.07, 6.45) is 0.490. The molecule has 1 N–H and O–H groups in total. The molecule has 0 amide bonds. The third kappa shape index (κ3) is 5.63. The molecular weight excluding hydrogens is 352 g/mol. The highest BCUT2D eigenvalue weighted by Crippen LogP contribution is 2.28. The first-order chi connectivity index (χ1) is 13.7. The van der Waals surface area contributed by atoms with Gasteiger partial charge in [-0.2, -0.15) is 0 Å². The first-order valence-electron chi connectivity index (χ1n) is 10.3. The summed E-state index contributed by atoms with van der Waals surface area (Å²) in [6.45, 7) is 9.45. The molecule has 1 heterocycles. The van der Waals surface area contributed by atoms with Crippen LogP contribution in [0.5, 0.6) is 11.5 Å². The van der Waals surface area contributed by atoms with Crippen LogP contribution in [0.4, 0.5) is 5.69 Å². The van der Waals surface area contributed by atoms with E-state index in [1.165, 1.54) is 5.56 Å². The van der Waals surface area contributed by atoms with Crippen molar-refractivity contribution in [1.82, 2.24) is 4.90 Å². The fourth-order valence-electron chi connectivity index (χ4n) is 3.57. The Bertz CT molecular complexity index is 729. The molecule has 5 nitrogen and oxygen atoms in total. The Balaban J connectivity index is 1.45. The molecule has 1 aliphatic heterocycles. The van der Waals surface area contributed by atoms with Crippen molar-refractivity contribution in [1.29, 1.82) is 0 Å². The maximum atomic E-state index is 10.4. The molecule has 0 radical (unpaired) electrons. The third-order valence-electron chi connectivity index (χ3n) is 5.10. The molecule has 0 bridgehead atoms. The summed E-state index contributed by atoms with van der Waals surface area (Å²) in [5, 5.41) is 10.4. The maximum Gasteiger partial charge on any atom is 0.142 e. The van der Waals surface area contributed by atoms with Crippen LogP contribution in [-0.2, 0) is 6.42 Å². The van der Waals surface area contributed by atoms with Crippen LogP contribution in [0, 0.1) is 0 Å². The van der Waals surface area contributed by atoms with E-state index in [-0.39, 0.29) is 0 Å². The second kappa shape index (κ2) is 10.3. The van der Waals surface area contributed by atoms with Gasteiger partial charge in [0.05, 0.1) is 12.3 Å². The number of benzene rings is 2. The molecule has 152 valence electrons. The van der Waals surface area contributed by atoms with E-state index in [0.29, 0.717) is 19.8 Å². The molecule has 2 aromatic carbocycles. The standard InChI is InChI=1S/C23H32N2O3/c1-3-19-8-7-9-21(16-19)28-18-20(26)17-24-12-14-25(15-13-24)22-10-5-6-11-23(22)27-4-2/h5-11,16,20,26H,3-4,12-15,17-18H2,1-2H3/t20-/m0/s1. The van der Waals surface area contributed by atoms with E-state index in [0.717, 1.165) is 49.8 Å². The first-order valence-corrected chi connectivity index (χ1v) is 10.3. The van der Waals surface area contributed by atoms with Crippen LogP contribution in [0.15, 0.2) is 48.5 Å². The van der Waals surface area contributed by atoms with E-state index in [1.807, 2.05) is 37.3 Å². The smallest absolute Gasteiger partial charge is 0.142 e. The van der Waals surface area contributed by atoms with Gasteiger partial charge in [-0.1, -0.05) is 31.2 Å². The van der Waals surface area contributed by atoms with Crippen molar-refractivity contribution in [2.45, 2.75) is 26.4 Å². The number of nitrogens with zero attached hydrogens (tertiary/aromatic N) is 2. The van der Waals surface area contributed by atoms with Gasteiger partial charge in [0.1, 0.15) is 24.2 Å². The molecular formula is C23H32N2O3. The molecule has 1 saturated heterocycles. The zero-order valence-electron chi connectivity index (χ0n) is 17.0. The summed E-state index contributed by atoms with van der Waals surface area (Å²) in [6, 6.07) is 16.3. The molecule has 1 fully saturated rings. The molecule has 1 atom stereocenters. The van der Waals surface area contributed by atoms with Crippen molar-refractivity contribution >= 4 is 5.69 Å². The fourth-order valence-corrected chi connectivity index (χ4v) is 3.57. The van der Waals surface area contributed by atoms with Crippen molar-refractivity contribution in [2.75, 3.05) is 50.8 Å². The van der Waals surface area contributed by atoms with E-state index in [2.05, 4.69) is 34.9 Å². The summed E-state index contributed by atoms with van der Waals surface area (Å²) in [7, 11) is 0. The Kier molecular flexibility index (Phi) is 7.57. The minimum Gasteiger partial charge on any atom is -0.492 e. The predicted octanol–water partition coefficient (Wildman–Crippen LogP) is 3.21. The number of hydrogen-bond acceptors (Lipinski definition) is 5. The zero-order valence-corrected chi connectivity index (χ0v) is 17.0. The second-order valence-electron chi connectivity index (χ2n) is 7.15. The van der Waals surface area contributed by atoms with E-state index in [4.69, 9.17) is 9.47 Å². The summed E-state index contributed by atoms with van der Waals surface area (Å²) in [5.41, 5.74) is 2.40. The lowest BCUT2D eigenvalue weighted by Gasteiger charge is -2.37. The summed E-state index contributed by atoms with van der Waals surface area (Å²) < 4.78 is 11.5. The number of aliphatic hydroxyl groups excluding tert-OH is 1. The highest BCUT2D eigenvalue weighted by molar-refractivity contribution is 5.58. The second-order valence-corrected chi connectivity index (χ2v) is 7.15. The van der Waals surface area contributed by atoms with Crippen LogP contribution < -0.4 is 14.4 Å². The Labute approximate surface area is 168 Å². The van der Waals surface area contributed by atoms with Crippen LogP contribution in [0.1, 0.15) is 19.4 Å². The molecule has 3 rings (SSSR count). The average molecular weight is 385 g/mol. The Morgan fingerprint density at radius 2 is 1.75 bits per heavy atom. The van der Waals surface area contributed by atoms with Crippen molar-refractivity contribution in [3.05, 3.63) is 54.1 Å². The lowest BCUT2D eigenvalue weighted by Crippen LogP contribution is -2.49. The number of anilines is 1. The lowest BCUT2D eigenvalue weighted by atomic mass is 10.2.